The zero-order valence-corrected chi connectivity index (χ0v) is 17.0. The van der Waals surface area contributed by atoms with E-state index < -0.39 is 16.1 Å². The van der Waals surface area contributed by atoms with Crippen molar-refractivity contribution in [2.45, 2.75) is 24.3 Å². The fraction of sp³-hybridized carbons (Fsp3) is 0.217. The number of ether oxygens (including phenoxy) is 2. The van der Waals surface area contributed by atoms with Gasteiger partial charge in [0.25, 0.3) is 0 Å². The Labute approximate surface area is 171 Å². The molecule has 0 fully saturated rings. The van der Waals surface area contributed by atoms with Crippen LogP contribution in [0.2, 0.25) is 0 Å². The molecule has 1 atom stereocenters. The van der Waals surface area contributed by atoms with Gasteiger partial charge in [0.1, 0.15) is 0 Å². The first-order valence-electron chi connectivity index (χ1n) is 9.56. The van der Waals surface area contributed by atoms with Crippen molar-refractivity contribution < 1.29 is 17.9 Å². The highest BCUT2D eigenvalue weighted by molar-refractivity contribution is 7.89. The molecule has 0 aliphatic carbocycles. The van der Waals surface area contributed by atoms with E-state index in [9.17, 15) is 8.42 Å². The lowest BCUT2D eigenvalue weighted by Gasteiger charge is -2.20. The van der Waals surface area contributed by atoms with Crippen molar-refractivity contribution in [3.8, 4) is 11.5 Å². The first-order valence-corrected chi connectivity index (χ1v) is 11.0. The average molecular weight is 410 g/mol. The van der Waals surface area contributed by atoms with Gasteiger partial charge >= 0.3 is 0 Å². The summed E-state index contributed by atoms with van der Waals surface area (Å²) in [6.45, 7) is 3.06. The molecular weight excluding hydrogens is 386 g/mol. The zero-order chi connectivity index (χ0) is 20.3. The molecule has 0 bridgehead atoms. The Morgan fingerprint density at radius 3 is 2.21 bits per heavy atom. The molecule has 5 nitrogen and oxygen atoms in total. The second-order valence-corrected chi connectivity index (χ2v) is 8.75. The van der Waals surface area contributed by atoms with Crippen molar-refractivity contribution in [2.75, 3.05) is 13.2 Å². The zero-order valence-electron chi connectivity index (χ0n) is 16.2. The topological polar surface area (TPSA) is 64.6 Å². The van der Waals surface area contributed by atoms with Crippen LogP contribution in [0, 0.1) is 6.92 Å². The lowest BCUT2D eigenvalue weighted by Crippen LogP contribution is -2.29. The molecule has 0 spiro atoms. The SMILES string of the molecule is Cc1ccc([C@@H](NS(=O)(=O)c2ccc3c(c2)OCCCO3)c2ccccc2)cc1. The summed E-state index contributed by atoms with van der Waals surface area (Å²) in [4.78, 5) is 0.148. The van der Waals surface area contributed by atoms with Gasteiger partial charge in [0.05, 0.1) is 24.2 Å². The maximum atomic E-state index is 13.2. The summed E-state index contributed by atoms with van der Waals surface area (Å²) in [5.41, 5.74) is 2.86. The van der Waals surface area contributed by atoms with Gasteiger partial charge in [-0.05, 0) is 30.2 Å². The van der Waals surface area contributed by atoms with E-state index in [2.05, 4.69) is 4.72 Å². The molecule has 0 amide bonds. The Morgan fingerprint density at radius 2 is 1.48 bits per heavy atom. The van der Waals surface area contributed by atoms with E-state index in [1.807, 2.05) is 61.5 Å². The van der Waals surface area contributed by atoms with Gasteiger partial charge in [-0.2, -0.15) is 4.72 Å². The number of hydrogen-bond donors (Lipinski definition) is 1. The summed E-state index contributed by atoms with van der Waals surface area (Å²) in [5.74, 6) is 1.02. The number of fused-ring (bicyclic) bond motifs is 1. The molecule has 0 unspecified atom stereocenters. The molecule has 0 aromatic heterocycles. The Balaban J connectivity index is 1.69. The summed E-state index contributed by atoms with van der Waals surface area (Å²) in [6, 6.07) is 21.6. The molecule has 29 heavy (non-hydrogen) atoms. The van der Waals surface area contributed by atoms with Gasteiger partial charge in [-0.15, -0.1) is 0 Å². The molecule has 0 saturated carbocycles. The van der Waals surface area contributed by atoms with Gasteiger partial charge in [0.15, 0.2) is 11.5 Å². The third-order valence-electron chi connectivity index (χ3n) is 4.85. The normalized spacial score (nSPS) is 14.8. The van der Waals surface area contributed by atoms with Crippen molar-refractivity contribution in [3.05, 3.63) is 89.5 Å². The van der Waals surface area contributed by atoms with E-state index in [0.717, 1.165) is 23.1 Å². The van der Waals surface area contributed by atoms with Crippen LogP contribution in [-0.2, 0) is 10.0 Å². The number of hydrogen-bond acceptors (Lipinski definition) is 4. The Bertz CT molecular complexity index is 1080. The van der Waals surface area contributed by atoms with E-state index in [-0.39, 0.29) is 4.90 Å². The van der Waals surface area contributed by atoms with Gasteiger partial charge in [0, 0.05) is 12.5 Å². The largest absolute Gasteiger partial charge is 0.490 e. The van der Waals surface area contributed by atoms with Gasteiger partial charge < -0.3 is 9.47 Å². The summed E-state index contributed by atoms with van der Waals surface area (Å²) in [6.07, 6.45) is 0.762. The highest BCUT2D eigenvalue weighted by Crippen LogP contribution is 2.33. The molecule has 1 N–H and O–H groups in total. The quantitative estimate of drug-likeness (QED) is 0.685. The fourth-order valence-corrected chi connectivity index (χ4v) is 4.49. The molecular formula is C23H23NO4S. The van der Waals surface area contributed by atoms with Crippen LogP contribution in [-0.4, -0.2) is 21.6 Å². The van der Waals surface area contributed by atoms with E-state index in [0.29, 0.717) is 24.7 Å². The number of nitrogens with one attached hydrogen (secondary N) is 1. The third-order valence-corrected chi connectivity index (χ3v) is 6.27. The highest BCUT2D eigenvalue weighted by atomic mass is 32.2. The molecule has 1 aliphatic rings. The molecule has 0 saturated heterocycles. The van der Waals surface area contributed by atoms with Crippen molar-refractivity contribution in [1.82, 2.24) is 4.72 Å². The van der Waals surface area contributed by atoms with E-state index >= 15 is 0 Å². The predicted octanol–water partition coefficient (Wildman–Crippen LogP) is 4.22. The first kappa shape index (κ1) is 19.5. The molecule has 1 aliphatic heterocycles. The molecule has 0 radical (unpaired) electrons. The third kappa shape index (κ3) is 4.44. The summed E-state index contributed by atoms with van der Waals surface area (Å²) >= 11 is 0. The minimum absolute atomic E-state index is 0.148. The van der Waals surface area contributed by atoms with Crippen molar-refractivity contribution in [2.24, 2.45) is 0 Å². The summed E-state index contributed by atoms with van der Waals surface area (Å²) in [7, 11) is -3.80. The van der Waals surface area contributed by atoms with Crippen LogP contribution in [0.15, 0.2) is 77.7 Å². The molecule has 1 heterocycles. The van der Waals surface area contributed by atoms with Crippen LogP contribution in [0.3, 0.4) is 0 Å². The number of rotatable bonds is 5. The van der Waals surface area contributed by atoms with Crippen LogP contribution < -0.4 is 14.2 Å². The number of sulfonamides is 1. The Kier molecular flexibility index (Phi) is 5.56. The minimum atomic E-state index is -3.80. The average Bonchev–Trinajstić information content (AvgIpc) is 2.98. The highest BCUT2D eigenvalue weighted by Gasteiger charge is 2.24. The van der Waals surface area contributed by atoms with Gasteiger partial charge in [-0.3, -0.25) is 0 Å². The maximum Gasteiger partial charge on any atom is 0.241 e. The van der Waals surface area contributed by atoms with Crippen molar-refractivity contribution >= 4 is 10.0 Å². The molecule has 6 heteroatoms. The van der Waals surface area contributed by atoms with Crippen LogP contribution >= 0.6 is 0 Å². The molecule has 4 rings (SSSR count). The monoisotopic (exact) mass is 409 g/mol. The second kappa shape index (κ2) is 8.27. The van der Waals surface area contributed by atoms with Crippen LogP contribution in [0.1, 0.15) is 29.2 Å². The molecule has 150 valence electrons. The lowest BCUT2D eigenvalue weighted by atomic mass is 9.99. The number of aryl methyl sites for hydroxylation is 1. The standard InChI is InChI=1S/C23H23NO4S/c1-17-8-10-19(11-9-17)23(18-6-3-2-4-7-18)24-29(25,26)20-12-13-21-22(16-20)28-15-5-14-27-21/h2-4,6-13,16,23-24H,5,14-15H2,1H3/t23-/m0/s1. The first-order chi connectivity index (χ1) is 14.0. The Morgan fingerprint density at radius 1 is 0.828 bits per heavy atom. The molecule has 3 aromatic rings. The van der Waals surface area contributed by atoms with Crippen LogP contribution in [0.25, 0.3) is 0 Å². The molecule has 3 aromatic carbocycles. The maximum absolute atomic E-state index is 13.2. The fourth-order valence-electron chi connectivity index (χ4n) is 3.27. The summed E-state index contributed by atoms with van der Waals surface area (Å²) < 4.78 is 40.6. The lowest BCUT2D eigenvalue weighted by molar-refractivity contribution is 0.297. The van der Waals surface area contributed by atoms with E-state index in [4.69, 9.17) is 9.47 Å². The number of benzene rings is 3. The van der Waals surface area contributed by atoms with Gasteiger partial charge in [-0.1, -0.05) is 60.2 Å². The second-order valence-electron chi connectivity index (χ2n) is 7.03. The van der Waals surface area contributed by atoms with Crippen molar-refractivity contribution in [3.63, 3.8) is 0 Å². The van der Waals surface area contributed by atoms with E-state index in [1.165, 1.54) is 6.07 Å². The van der Waals surface area contributed by atoms with E-state index in [1.54, 1.807) is 12.1 Å². The minimum Gasteiger partial charge on any atom is -0.490 e. The predicted molar refractivity (Wildman–Crippen MR) is 112 cm³/mol. The van der Waals surface area contributed by atoms with Crippen molar-refractivity contribution in [1.29, 1.82) is 0 Å². The summed E-state index contributed by atoms with van der Waals surface area (Å²) in [5, 5.41) is 0. The van der Waals surface area contributed by atoms with Crippen LogP contribution in [0.4, 0.5) is 0 Å². The Hall–Kier alpha value is -2.83. The van der Waals surface area contributed by atoms with Gasteiger partial charge in [-0.25, -0.2) is 8.42 Å². The smallest absolute Gasteiger partial charge is 0.241 e. The van der Waals surface area contributed by atoms with Gasteiger partial charge in [0.2, 0.25) is 10.0 Å². The van der Waals surface area contributed by atoms with Crippen LogP contribution in [0.5, 0.6) is 11.5 Å².